The van der Waals surface area contributed by atoms with Crippen LogP contribution in [0.1, 0.15) is 21.7 Å². The molecule has 2 heterocycles. The van der Waals surface area contributed by atoms with Crippen LogP contribution in [0, 0.1) is 0 Å². The molecule has 0 saturated heterocycles. The molecule has 2 aromatic heterocycles. The topological polar surface area (TPSA) is 61.3 Å². The van der Waals surface area contributed by atoms with Gasteiger partial charge in [-0.3, -0.25) is 0 Å². The molecule has 0 aliphatic heterocycles. The largest absolute Gasteiger partial charge is 0.486 e. The standard InChI is InChI=1S/C27H20N2O3/c30-27(32-18-22-16-14-20-8-2-5-11-25(20)29-22)23-9-3-6-12-26(23)31-17-21-15-13-19-7-1-4-10-24(19)28-21/h1-16H,17-18H2. The van der Waals surface area contributed by atoms with Crippen LogP contribution in [0.2, 0.25) is 0 Å². The first-order chi connectivity index (χ1) is 15.8. The molecule has 5 nitrogen and oxygen atoms in total. The van der Waals surface area contributed by atoms with E-state index in [0.717, 1.165) is 27.5 Å². The van der Waals surface area contributed by atoms with E-state index in [0.29, 0.717) is 17.0 Å². The maximum atomic E-state index is 12.7. The highest BCUT2D eigenvalue weighted by Gasteiger charge is 2.14. The van der Waals surface area contributed by atoms with Crippen molar-refractivity contribution in [3.05, 3.63) is 114 Å². The second kappa shape index (κ2) is 8.86. The molecule has 5 heteroatoms. The lowest BCUT2D eigenvalue weighted by Gasteiger charge is -2.11. The lowest BCUT2D eigenvalue weighted by Crippen LogP contribution is -2.09. The number of para-hydroxylation sites is 3. The molecule has 0 atom stereocenters. The van der Waals surface area contributed by atoms with Gasteiger partial charge in [0.15, 0.2) is 0 Å². The van der Waals surface area contributed by atoms with Gasteiger partial charge in [0.05, 0.1) is 22.4 Å². The number of nitrogens with zero attached hydrogens (tertiary/aromatic N) is 2. The van der Waals surface area contributed by atoms with Crippen molar-refractivity contribution in [1.82, 2.24) is 9.97 Å². The Labute approximate surface area is 185 Å². The number of esters is 1. The molecular formula is C27H20N2O3. The Balaban J connectivity index is 1.27. The van der Waals surface area contributed by atoms with E-state index in [1.54, 1.807) is 18.2 Å². The minimum atomic E-state index is -0.456. The van der Waals surface area contributed by atoms with E-state index in [9.17, 15) is 4.79 Å². The van der Waals surface area contributed by atoms with Crippen LogP contribution < -0.4 is 4.74 Å². The smallest absolute Gasteiger partial charge is 0.342 e. The molecule has 0 bridgehead atoms. The van der Waals surface area contributed by atoms with Gasteiger partial charge in [-0.1, -0.05) is 60.7 Å². The van der Waals surface area contributed by atoms with E-state index in [1.165, 1.54) is 0 Å². The van der Waals surface area contributed by atoms with E-state index >= 15 is 0 Å². The predicted molar refractivity (Wildman–Crippen MR) is 123 cm³/mol. The minimum Gasteiger partial charge on any atom is -0.486 e. The molecule has 0 fully saturated rings. The summed E-state index contributed by atoms with van der Waals surface area (Å²) in [5.74, 6) is 0.000888. The van der Waals surface area contributed by atoms with Crippen molar-refractivity contribution < 1.29 is 14.3 Å². The van der Waals surface area contributed by atoms with E-state index in [1.807, 2.05) is 78.9 Å². The number of hydrogen-bond acceptors (Lipinski definition) is 5. The molecule has 0 aliphatic rings. The Morgan fingerprint density at radius 3 is 1.88 bits per heavy atom. The summed E-state index contributed by atoms with van der Waals surface area (Å²) in [5.41, 5.74) is 3.62. The zero-order chi connectivity index (χ0) is 21.8. The molecule has 156 valence electrons. The number of carbonyl (C=O) groups excluding carboxylic acids is 1. The van der Waals surface area contributed by atoms with Crippen LogP contribution in [0.3, 0.4) is 0 Å². The van der Waals surface area contributed by atoms with Crippen LogP contribution in [0.15, 0.2) is 97.1 Å². The van der Waals surface area contributed by atoms with Gasteiger partial charge in [0.25, 0.3) is 0 Å². The van der Waals surface area contributed by atoms with Crippen LogP contribution in [-0.2, 0) is 18.0 Å². The number of ether oxygens (including phenoxy) is 2. The zero-order valence-corrected chi connectivity index (χ0v) is 17.3. The molecule has 0 amide bonds. The summed E-state index contributed by atoms with van der Waals surface area (Å²) in [6.07, 6.45) is 0. The van der Waals surface area contributed by atoms with Crippen molar-refractivity contribution in [3.63, 3.8) is 0 Å². The fourth-order valence-electron chi connectivity index (χ4n) is 3.51. The monoisotopic (exact) mass is 420 g/mol. The summed E-state index contributed by atoms with van der Waals surface area (Å²) < 4.78 is 11.4. The third kappa shape index (κ3) is 4.27. The Hall–Kier alpha value is -4.25. The van der Waals surface area contributed by atoms with Gasteiger partial charge in [0, 0.05) is 10.8 Å². The summed E-state index contributed by atoms with van der Waals surface area (Å²) in [7, 11) is 0. The van der Waals surface area contributed by atoms with Gasteiger partial charge in [0.2, 0.25) is 0 Å². The highest BCUT2D eigenvalue weighted by Crippen LogP contribution is 2.22. The first-order valence-electron chi connectivity index (χ1n) is 10.3. The first kappa shape index (κ1) is 19.7. The summed E-state index contributed by atoms with van der Waals surface area (Å²) in [6.45, 7) is 0.339. The number of fused-ring (bicyclic) bond motifs is 2. The third-order valence-corrected chi connectivity index (χ3v) is 5.15. The van der Waals surface area contributed by atoms with Gasteiger partial charge in [-0.05, 0) is 36.4 Å². The van der Waals surface area contributed by atoms with Crippen LogP contribution in [0.5, 0.6) is 5.75 Å². The van der Waals surface area contributed by atoms with Crippen molar-refractivity contribution >= 4 is 27.8 Å². The summed E-state index contributed by atoms with van der Waals surface area (Å²) in [6, 6.07) is 30.6. The van der Waals surface area contributed by atoms with E-state index in [-0.39, 0.29) is 13.2 Å². The first-order valence-corrected chi connectivity index (χ1v) is 10.3. The van der Waals surface area contributed by atoms with Crippen molar-refractivity contribution in [1.29, 1.82) is 0 Å². The van der Waals surface area contributed by atoms with Crippen LogP contribution >= 0.6 is 0 Å². The zero-order valence-electron chi connectivity index (χ0n) is 17.3. The Morgan fingerprint density at radius 1 is 0.625 bits per heavy atom. The average Bonchev–Trinajstić information content (AvgIpc) is 2.86. The van der Waals surface area contributed by atoms with Crippen molar-refractivity contribution in [2.75, 3.05) is 0 Å². The lowest BCUT2D eigenvalue weighted by molar-refractivity contribution is 0.0463. The SMILES string of the molecule is O=C(OCc1ccc2ccccc2n1)c1ccccc1OCc1ccc2ccccc2n1. The lowest BCUT2D eigenvalue weighted by atomic mass is 10.2. The summed E-state index contributed by atoms with van der Waals surface area (Å²) >= 11 is 0. The van der Waals surface area contributed by atoms with E-state index in [2.05, 4.69) is 9.97 Å². The average molecular weight is 420 g/mol. The van der Waals surface area contributed by atoms with Gasteiger partial charge in [-0.2, -0.15) is 0 Å². The molecule has 5 aromatic rings. The van der Waals surface area contributed by atoms with Crippen LogP contribution in [0.25, 0.3) is 21.8 Å². The van der Waals surface area contributed by atoms with Crippen molar-refractivity contribution in [2.45, 2.75) is 13.2 Å². The number of hydrogen-bond donors (Lipinski definition) is 0. The molecule has 0 unspecified atom stereocenters. The molecule has 0 saturated carbocycles. The minimum absolute atomic E-state index is 0.0875. The Morgan fingerprint density at radius 2 is 1.19 bits per heavy atom. The number of rotatable bonds is 6. The molecule has 0 spiro atoms. The molecule has 3 aromatic carbocycles. The molecular weight excluding hydrogens is 400 g/mol. The Bertz CT molecular complexity index is 1410. The molecule has 5 rings (SSSR count). The highest BCUT2D eigenvalue weighted by molar-refractivity contribution is 5.92. The second-order valence-corrected chi connectivity index (χ2v) is 7.35. The highest BCUT2D eigenvalue weighted by atomic mass is 16.5. The predicted octanol–water partition coefficient (Wildman–Crippen LogP) is 5.72. The van der Waals surface area contributed by atoms with E-state index in [4.69, 9.17) is 9.47 Å². The van der Waals surface area contributed by atoms with Gasteiger partial charge in [-0.15, -0.1) is 0 Å². The summed E-state index contributed by atoms with van der Waals surface area (Å²) in [5, 5.41) is 2.12. The summed E-state index contributed by atoms with van der Waals surface area (Å²) in [4.78, 5) is 21.9. The number of pyridine rings is 2. The van der Waals surface area contributed by atoms with Gasteiger partial charge in [0.1, 0.15) is 24.5 Å². The van der Waals surface area contributed by atoms with Crippen LogP contribution in [0.4, 0.5) is 0 Å². The maximum absolute atomic E-state index is 12.7. The maximum Gasteiger partial charge on any atom is 0.342 e. The Kier molecular flexibility index (Phi) is 5.45. The number of benzene rings is 3. The van der Waals surface area contributed by atoms with Crippen LogP contribution in [-0.4, -0.2) is 15.9 Å². The normalized spacial score (nSPS) is 10.9. The van der Waals surface area contributed by atoms with Gasteiger partial charge < -0.3 is 9.47 Å². The van der Waals surface area contributed by atoms with Crippen molar-refractivity contribution in [3.8, 4) is 5.75 Å². The number of aromatic nitrogens is 2. The van der Waals surface area contributed by atoms with E-state index < -0.39 is 5.97 Å². The molecule has 32 heavy (non-hydrogen) atoms. The number of carbonyl (C=O) groups is 1. The van der Waals surface area contributed by atoms with Crippen molar-refractivity contribution in [2.24, 2.45) is 0 Å². The van der Waals surface area contributed by atoms with Gasteiger partial charge >= 0.3 is 5.97 Å². The fraction of sp³-hybridized carbons (Fsp3) is 0.0741. The molecule has 0 radical (unpaired) electrons. The molecule has 0 N–H and O–H groups in total. The van der Waals surface area contributed by atoms with Gasteiger partial charge in [-0.25, -0.2) is 14.8 Å². The molecule has 0 aliphatic carbocycles. The second-order valence-electron chi connectivity index (χ2n) is 7.35. The quantitative estimate of drug-likeness (QED) is 0.329. The fourth-order valence-corrected chi connectivity index (χ4v) is 3.51. The third-order valence-electron chi connectivity index (χ3n) is 5.15.